The summed E-state index contributed by atoms with van der Waals surface area (Å²) in [6.07, 6.45) is 4.20. The number of hydrogen-bond acceptors (Lipinski definition) is 1. The summed E-state index contributed by atoms with van der Waals surface area (Å²) in [6, 6.07) is 0.454. The smallest absolute Gasteiger partial charge is 0.222 e. The second-order valence-corrected chi connectivity index (χ2v) is 3.10. The summed E-state index contributed by atoms with van der Waals surface area (Å²) in [6.45, 7) is 2.11. The average molecular weight is 141 g/mol. The largest absolute Gasteiger partial charge is 0.343 e. The lowest BCUT2D eigenvalue weighted by Crippen LogP contribution is -2.32. The highest BCUT2D eigenvalue weighted by Gasteiger charge is 2.18. The SMILES string of the molecule is C[C@H]1CCCCC(=O)N1C. The Balaban J connectivity index is 2.55. The van der Waals surface area contributed by atoms with Gasteiger partial charge in [-0.25, -0.2) is 0 Å². The number of nitrogens with zero attached hydrogens (tertiary/aromatic N) is 1. The van der Waals surface area contributed by atoms with Crippen molar-refractivity contribution in [2.24, 2.45) is 0 Å². The van der Waals surface area contributed by atoms with E-state index in [9.17, 15) is 4.79 Å². The molecular formula is C8H15NO. The second kappa shape index (κ2) is 3.04. The summed E-state index contributed by atoms with van der Waals surface area (Å²) in [4.78, 5) is 13.0. The first-order chi connectivity index (χ1) is 4.72. The van der Waals surface area contributed by atoms with Gasteiger partial charge in [0, 0.05) is 19.5 Å². The lowest BCUT2D eigenvalue weighted by Gasteiger charge is -2.21. The Morgan fingerprint density at radius 3 is 2.90 bits per heavy atom. The van der Waals surface area contributed by atoms with Crippen molar-refractivity contribution < 1.29 is 4.79 Å². The molecule has 10 heavy (non-hydrogen) atoms. The number of carbonyl (C=O) groups is 1. The predicted molar refractivity (Wildman–Crippen MR) is 40.7 cm³/mol. The minimum Gasteiger partial charge on any atom is -0.343 e. The van der Waals surface area contributed by atoms with Gasteiger partial charge in [-0.1, -0.05) is 6.42 Å². The van der Waals surface area contributed by atoms with Crippen molar-refractivity contribution in [1.29, 1.82) is 0 Å². The second-order valence-electron chi connectivity index (χ2n) is 3.10. The third kappa shape index (κ3) is 1.49. The van der Waals surface area contributed by atoms with E-state index in [1.54, 1.807) is 0 Å². The van der Waals surface area contributed by atoms with Crippen LogP contribution in [-0.4, -0.2) is 23.9 Å². The first-order valence-electron chi connectivity index (χ1n) is 3.97. The van der Waals surface area contributed by atoms with E-state index in [0.717, 1.165) is 12.8 Å². The highest BCUT2D eigenvalue weighted by Crippen LogP contribution is 2.14. The van der Waals surface area contributed by atoms with Crippen LogP contribution in [0, 0.1) is 0 Å². The van der Waals surface area contributed by atoms with E-state index in [0.29, 0.717) is 11.9 Å². The molecule has 1 rings (SSSR count). The normalized spacial score (nSPS) is 28.4. The van der Waals surface area contributed by atoms with Crippen molar-refractivity contribution in [3.8, 4) is 0 Å². The van der Waals surface area contributed by atoms with Gasteiger partial charge in [0.2, 0.25) is 5.91 Å². The highest BCUT2D eigenvalue weighted by atomic mass is 16.2. The Morgan fingerprint density at radius 2 is 2.20 bits per heavy atom. The molecule has 0 N–H and O–H groups in total. The monoisotopic (exact) mass is 141 g/mol. The average Bonchev–Trinajstić information content (AvgIpc) is 2.04. The van der Waals surface area contributed by atoms with E-state index >= 15 is 0 Å². The molecule has 0 spiro atoms. The van der Waals surface area contributed by atoms with Crippen LogP contribution in [0.1, 0.15) is 32.6 Å². The van der Waals surface area contributed by atoms with Crippen molar-refractivity contribution in [3.05, 3.63) is 0 Å². The van der Waals surface area contributed by atoms with Gasteiger partial charge < -0.3 is 4.90 Å². The Bertz CT molecular complexity index is 133. The van der Waals surface area contributed by atoms with Crippen LogP contribution in [-0.2, 0) is 4.79 Å². The van der Waals surface area contributed by atoms with Crippen molar-refractivity contribution in [2.75, 3.05) is 7.05 Å². The number of rotatable bonds is 0. The number of hydrogen-bond donors (Lipinski definition) is 0. The van der Waals surface area contributed by atoms with Crippen LogP contribution in [0.4, 0.5) is 0 Å². The molecular weight excluding hydrogens is 126 g/mol. The summed E-state index contributed by atoms with van der Waals surface area (Å²) >= 11 is 0. The minimum atomic E-state index is 0.310. The maximum atomic E-state index is 11.2. The number of likely N-dealkylation sites (tertiary alicyclic amines) is 1. The molecule has 2 heteroatoms. The van der Waals surface area contributed by atoms with Gasteiger partial charge in [-0.05, 0) is 19.8 Å². The molecule has 0 aromatic heterocycles. The van der Waals surface area contributed by atoms with Crippen molar-refractivity contribution >= 4 is 5.91 Å². The summed E-state index contributed by atoms with van der Waals surface area (Å²) in [5.74, 6) is 0.310. The Kier molecular flexibility index (Phi) is 2.30. The molecule has 0 bridgehead atoms. The lowest BCUT2D eigenvalue weighted by atomic mass is 10.1. The zero-order chi connectivity index (χ0) is 7.56. The Hall–Kier alpha value is -0.530. The van der Waals surface area contributed by atoms with Crippen LogP contribution in [0.2, 0.25) is 0 Å². The van der Waals surface area contributed by atoms with Crippen LogP contribution in [0.5, 0.6) is 0 Å². The van der Waals surface area contributed by atoms with Gasteiger partial charge in [0.15, 0.2) is 0 Å². The van der Waals surface area contributed by atoms with Gasteiger partial charge in [-0.15, -0.1) is 0 Å². The number of amides is 1. The van der Waals surface area contributed by atoms with E-state index in [4.69, 9.17) is 0 Å². The van der Waals surface area contributed by atoms with Gasteiger partial charge >= 0.3 is 0 Å². The lowest BCUT2D eigenvalue weighted by molar-refractivity contribution is -0.130. The van der Waals surface area contributed by atoms with Gasteiger partial charge in [-0.3, -0.25) is 4.79 Å². The molecule has 0 saturated carbocycles. The van der Waals surface area contributed by atoms with Gasteiger partial charge in [0.05, 0.1) is 0 Å². The molecule has 0 aromatic carbocycles. The van der Waals surface area contributed by atoms with Crippen molar-refractivity contribution in [3.63, 3.8) is 0 Å². The molecule has 0 aromatic rings. The minimum absolute atomic E-state index is 0.310. The van der Waals surface area contributed by atoms with Crippen LogP contribution in [0.25, 0.3) is 0 Å². The van der Waals surface area contributed by atoms with Gasteiger partial charge in [-0.2, -0.15) is 0 Å². The fourth-order valence-electron chi connectivity index (χ4n) is 1.33. The molecule has 2 nitrogen and oxygen atoms in total. The molecule has 1 aliphatic heterocycles. The fourth-order valence-corrected chi connectivity index (χ4v) is 1.33. The first kappa shape index (κ1) is 7.58. The van der Waals surface area contributed by atoms with E-state index in [1.807, 2.05) is 11.9 Å². The summed E-state index contributed by atoms with van der Waals surface area (Å²) in [7, 11) is 1.90. The topological polar surface area (TPSA) is 20.3 Å². The highest BCUT2D eigenvalue weighted by molar-refractivity contribution is 5.76. The van der Waals surface area contributed by atoms with Gasteiger partial charge in [0.1, 0.15) is 0 Å². The van der Waals surface area contributed by atoms with E-state index < -0.39 is 0 Å². The molecule has 1 aliphatic rings. The predicted octanol–water partition coefficient (Wildman–Crippen LogP) is 1.41. The third-order valence-electron chi connectivity index (χ3n) is 2.32. The first-order valence-corrected chi connectivity index (χ1v) is 3.97. The zero-order valence-corrected chi connectivity index (χ0v) is 6.76. The third-order valence-corrected chi connectivity index (χ3v) is 2.32. The Morgan fingerprint density at radius 1 is 1.50 bits per heavy atom. The summed E-state index contributed by atoms with van der Waals surface area (Å²) in [5.41, 5.74) is 0. The van der Waals surface area contributed by atoms with Crippen molar-refractivity contribution in [2.45, 2.75) is 38.6 Å². The zero-order valence-electron chi connectivity index (χ0n) is 6.76. The Labute approximate surface area is 62.2 Å². The van der Waals surface area contributed by atoms with Crippen LogP contribution < -0.4 is 0 Å². The van der Waals surface area contributed by atoms with E-state index in [2.05, 4.69) is 6.92 Å². The van der Waals surface area contributed by atoms with Crippen LogP contribution in [0.3, 0.4) is 0 Å². The summed E-state index contributed by atoms with van der Waals surface area (Å²) < 4.78 is 0. The van der Waals surface area contributed by atoms with E-state index in [1.165, 1.54) is 12.8 Å². The standard InChI is InChI=1S/C8H15NO/c1-7-5-3-4-6-8(10)9(7)2/h7H,3-6H2,1-2H3/t7-/m0/s1. The maximum absolute atomic E-state index is 11.2. The number of carbonyl (C=O) groups excluding carboxylic acids is 1. The van der Waals surface area contributed by atoms with E-state index in [-0.39, 0.29) is 0 Å². The molecule has 0 aliphatic carbocycles. The maximum Gasteiger partial charge on any atom is 0.222 e. The molecule has 1 atom stereocenters. The fraction of sp³-hybridized carbons (Fsp3) is 0.875. The van der Waals surface area contributed by atoms with Crippen LogP contribution in [0.15, 0.2) is 0 Å². The van der Waals surface area contributed by atoms with Crippen LogP contribution >= 0.6 is 0 Å². The molecule has 1 heterocycles. The molecule has 0 radical (unpaired) electrons. The quantitative estimate of drug-likeness (QED) is 0.499. The molecule has 58 valence electrons. The molecule has 0 unspecified atom stereocenters. The molecule has 1 amide bonds. The molecule has 1 saturated heterocycles. The summed E-state index contributed by atoms with van der Waals surface area (Å²) in [5, 5.41) is 0. The van der Waals surface area contributed by atoms with Gasteiger partial charge in [0.25, 0.3) is 0 Å². The molecule has 1 fully saturated rings. The van der Waals surface area contributed by atoms with Crippen molar-refractivity contribution in [1.82, 2.24) is 4.90 Å².